The third-order valence-electron chi connectivity index (χ3n) is 21.1. The largest absolute Gasteiger partial charge is 0.450 e. The number of benzene rings is 2. The average Bonchev–Trinajstić information content (AvgIpc) is 1.41. The summed E-state index contributed by atoms with van der Waals surface area (Å²) in [5.74, 6) is -1.46. The second-order valence-electron chi connectivity index (χ2n) is 31.4. The monoisotopic (exact) mass is 1670 g/mol. The number of primary amides is 1. The van der Waals surface area contributed by atoms with Crippen LogP contribution in [0.2, 0.25) is 0 Å². The minimum absolute atomic E-state index is 0. The fourth-order valence-corrected chi connectivity index (χ4v) is 16.5. The molecular formula is C88H150N8O16S3. The second kappa shape index (κ2) is 60.1. The molecular weight excluding hydrogens is 1520 g/mol. The number of nitrogens with one attached hydrogen (secondary N) is 3. The van der Waals surface area contributed by atoms with E-state index in [1.54, 1.807) is 71.0 Å². The van der Waals surface area contributed by atoms with Gasteiger partial charge >= 0.3 is 12.1 Å². The number of hydrogen-bond acceptors (Lipinski definition) is 19. The number of hydrogen-bond donors (Lipinski definition) is 6. The topological polar surface area (TPSA) is 328 Å². The number of ether oxygens (including phenoxy) is 3. The van der Waals surface area contributed by atoms with E-state index in [4.69, 9.17) is 19.9 Å². The number of imide groups is 1. The van der Waals surface area contributed by atoms with Crippen molar-refractivity contribution in [2.24, 2.45) is 53.1 Å². The molecule has 0 aromatic heterocycles. The van der Waals surface area contributed by atoms with Gasteiger partial charge in [0.25, 0.3) is 0 Å². The van der Waals surface area contributed by atoms with Crippen LogP contribution in [0.25, 0.3) is 0 Å². The molecule has 2 heterocycles. The van der Waals surface area contributed by atoms with Gasteiger partial charge in [-0.1, -0.05) is 189 Å². The van der Waals surface area contributed by atoms with Gasteiger partial charge in [-0.25, -0.2) is 9.59 Å². The number of methoxy groups -OCH3 is 2. The van der Waals surface area contributed by atoms with Crippen molar-refractivity contribution >= 4 is 112 Å². The van der Waals surface area contributed by atoms with Crippen LogP contribution in [0, 0.1) is 54.3 Å². The molecule has 0 saturated carbocycles. The smallest absolute Gasteiger partial charge is 0.410 e. The van der Waals surface area contributed by atoms with Gasteiger partial charge in [-0.3, -0.25) is 52.8 Å². The first-order valence-electron chi connectivity index (χ1n) is 41.7. The van der Waals surface area contributed by atoms with Crippen molar-refractivity contribution in [1.82, 2.24) is 30.2 Å². The number of unbranched alkanes of at least 4 members (excludes halogenated alkanes) is 5. The Kier molecular flexibility index (Phi) is 56.8. The second-order valence-corrected chi connectivity index (χ2v) is 34.5. The third kappa shape index (κ3) is 39.8. The summed E-state index contributed by atoms with van der Waals surface area (Å²) in [6, 6.07) is 13.7. The number of thiol groups is 1. The van der Waals surface area contributed by atoms with Crippen LogP contribution in [-0.2, 0) is 62.2 Å². The molecule has 4 rings (SSSR count). The first-order chi connectivity index (χ1) is 54.0. The van der Waals surface area contributed by atoms with E-state index in [1.807, 2.05) is 124 Å². The van der Waals surface area contributed by atoms with Gasteiger partial charge in [-0.2, -0.15) is 12.6 Å². The number of nitrogens with zero attached hydrogens (tertiary/aromatic N) is 4. The van der Waals surface area contributed by atoms with Gasteiger partial charge in [0.05, 0.1) is 60.8 Å². The lowest BCUT2D eigenvalue weighted by molar-refractivity contribution is -0.149. The number of urea groups is 1. The van der Waals surface area contributed by atoms with Gasteiger partial charge in [0, 0.05) is 116 Å². The quantitative estimate of drug-likeness (QED) is 0.0204. The lowest BCUT2D eigenvalue weighted by Crippen LogP contribution is -2.54. The van der Waals surface area contributed by atoms with Gasteiger partial charge < -0.3 is 55.7 Å². The summed E-state index contributed by atoms with van der Waals surface area (Å²) >= 11 is 6.98. The van der Waals surface area contributed by atoms with E-state index in [9.17, 15) is 62.6 Å². The molecule has 27 heteroatoms. The Morgan fingerprint density at radius 3 is 1.87 bits per heavy atom. The minimum atomic E-state index is -0.779. The molecule has 2 unspecified atom stereocenters. The molecule has 0 radical (unpaired) electrons. The molecule has 2 aliphatic rings. The summed E-state index contributed by atoms with van der Waals surface area (Å²) in [4.78, 5) is 160. The molecule has 0 spiro atoms. The highest BCUT2D eigenvalue weighted by Crippen LogP contribution is 2.34. The maximum atomic E-state index is 14.4. The summed E-state index contributed by atoms with van der Waals surface area (Å²) in [6.07, 6.45) is 9.75. The number of aliphatic hydroxyl groups excluding tert-OH is 1. The number of nitrogens with two attached hydrogens (primary N) is 1. The molecule has 2 aliphatic heterocycles. The van der Waals surface area contributed by atoms with Crippen molar-refractivity contribution in [2.45, 2.75) is 294 Å². The summed E-state index contributed by atoms with van der Waals surface area (Å²) in [5, 5.41) is 19.1. The Bertz CT molecular complexity index is 3200. The van der Waals surface area contributed by atoms with Crippen molar-refractivity contribution < 1.29 is 76.9 Å². The highest BCUT2D eigenvalue weighted by atomic mass is 32.2. The van der Waals surface area contributed by atoms with Crippen molar-refractivity contribution in [1.29, 1.82) is 0 Å². The number of amides is 9. The number of Topliss-reactive ketones (excluding diaryl/α,β-unsaturated/α-hetero) is 3. The zero-order chi connectivity index (χ0) is 86.3. The predicted molar refractivity (Wildman–Crippen MR) is 469 cm³/mol. The van der Waals surface area contributed by atoms with Crippen LogP contribution in [0.3, 0.4) is 0 Å². The number of likely N-dealkylation sites (tertiary alicyclic amines) is 2. The Morgan fingerprint density at radius 1 is 0.713 bits per heavy atom. The van der Waals surface area contributed by atoms with E-state index in [0.29, 0.717) is 57.3 Å². The number of carbonyl (C=O) groups excluding carboxylic acids is 12. The van der Waals surface area contributed by atoms with Crippen LogP contribution >= 0.6 is 36.2 Å². The maximum Gasteiger partial charge on any atom is 0.410 e. The predicted octanol–water partition coefficient (Wildman–Crippen LogP) is 15.3. The molecule has 0 bridgehead atoms. The maximum absolute atomic E-state index is 14.4. The molecule has 656 valence electrons. The standard InChI is InChI=1S/C44H73N3O9.C33H51N5O6S.C6H12OS.C4H10S.CH4/c1-14-29(7)40(45(10)43(52)33(27(3)4)25-36(49)39(28(5)6)46(11)44(53)56-15-2)37(54-12)26-38(50)47-23-19-22-34(47)42(55-13)31(9)35(48)24-30(8)41(51)32-20-17-16-18-21-32;1-5-6-19-45-27-21-29(41)38(32(27)43)18-9-7-8-12-28(40)37-30(22(2)3)26(39)20-24(11-10-17-35-33(34)44)31(42)36-25-15-13-23(4)14-16-25;1-3-4-5-8-6(2)7;1-2-3-4-5;/h16-18,20-21,27-31,33-34,37,39-42,51H,14-15,19,22-26H2,1-13H3;13-16,22,24,27,30H,5-12,17-21H2,1-4H3,(H,36,42)(H,37,40)(H3,34,35,44);3-5H2,1-2H3;5H,2-4H2,1H3;1H4/t29-,30-,31-,33-,34-,37+,39-,40?,41+,42+;24-,27?,30+;;;/m01.../s1. The van der Waals surface area contributed by atoms with E-state index in [0.717, 1.165) is 60.5 Å². The number of aliphatic hydroxyl groups is 1. The number of ketones is 3. The molecule has 6 N–H and O–H groups in total. The van der Waals surface area contributed by atoms with Crippen LogP contribution in [0.5, 0.6) is 0 Å². The van der Waals surface area contributed by atoms with Crippen molar-refractivity contribution in [3.8, 4) is 0 Å². The Morgan fingerprint density at radius 2 is 1.34 bits per heavy atom. The molecule has 24 nitrogen and oxygen atoms in total. The van der Waals surface area contributed by atoms with Crippen LogP contribution in [0.4, 0.5) is 15.3 Å². The lowest BCUT2D eigenvalue weighted by atomic mass is 9.83. The molecule has 2 aromatic carbocycles. The molecule has 13 atom stereocenters. The molecule has 2 aromatic rings. The Hall–Kier alpha value is -6.39. The zero-order valence-electron chi connectivity index (χ0n) is 72.7. The normalized spacial score (nSPS) is 16.7. The van der Waals surface area contributed by atoms with E-state index in [1.165, 1.54) is 40.8 Å². The van der Waals surface area contributed by atoms with Crippen LogP contribution in [0.15, 0.2) is 54.6 Å². The highest BCUT2D eigenvalue weighted by molar-refractivity contribution is 8.13. The first kappa shape index (κ1) is 109. The summed E-state index contributed by atoms with van der Waals surface area (Å²) < 4.78 is 17.2. The van der Waals surface area contributed by atoms with Gasteiger partial charge in [-0.05, 0) is 130 Å². The number of thioether (sulfide) groups is 2. The molecule has 2 fully saturated rings. The number of likely N-dealkylation sites (N-methyl/N-ethyl adjacent to an activating group) is 2. The SMILES string of the molecule is C.CCCCS.CCCCSC(C)=O.CCCCSC1CC(=O)N(CCCCCC(=O)N[C@H](C(=O)C[C@@H](CCCNC(N)=O)C(=O)Nc2ccc(C)cc2)C(C)C)C1=O.CCOC(=O)N(C)[C@H](C(=O)C[C@H](C(=O)N(C)C([C@@H](C)CC)[C@@H](CC(=O)N1CCC[C@H]1[C@H](OC)[C@@H](C)C(=O)C[C@H](C)[C@@H](O)c1ccccc1)OC)C(C)C)C(C)C. The third-order valence-corrected chi connectivity index (χ3v) is 23.7. The fraction of sp³-hybridized carbons (Fsp3) is 0.727. The minimum Gasteiger partial charge on any atom is -0.450 e. The Labute approximate surface area is 705 Å². The Balaban J connectivity index is 0.00000197. The first-order valence-corrected chi connectivity index (χ1v) is 44.4. The number of carbonyl (C=O) groups is 12. The lowest BCUT2D eigenvalue weighted by Gasteiger charge is -2.41. The highest BCUT2D eigenvalue weighted by Gasteiger charge is 2.45. The number of aryl methyl sites for hydroxylation is 1. The summed E-state index contributed by atoms with van der Waals surface area (Å²) in [7, 11) is 6.40. The number of rotatable bonds is 49. The molecule has 2 saturated heterocycles. The average molecular weight is 1670 g/mol. The van der Waals surface area contributed by atoms with E-state index >= 15 is 0 Å². The van der Waals surface area contributed by atoms with Gasteiger partial charge in [0.2, 0.25) is 35.4 Å². The van der Waals surface area contributed by atoms with E-state index < -0.39 is 66.3 Å². The van der Waals surface area contributed by atoms with E-state index in [2.05, 4.69) is 49.4 Å². The van der Waals surface area contributed by atoms with Crippen LogP contribution < -0.4 is 21.7 Å². The summed E-state index contributed by atoms with van der Waals surface area (Å²) in [6.45, 7) is 32.0. The van der Waals surface area contributed by atoms with Crippen molar-refractivity contribution in [3.63, 3.8) is 0 Å². The fourth-order valence-electron chi connectivity index (χ4n) is 14.2. The molecule has 115 heavy (non-hydrogen) atoms. The van der Waals surface area contributed by atoms with Gasteiger partial charge in [-0.15, -0.1) is 11.8 Å². The van der Waals surface area contributed by atoms with E-state index in [-0.39, 0.29) is 158 Å². The van der Waals surface area contributed by atoms with Crippen molar-refractivity contribution in [2.75, 3.05) is 77.1 Å². The van der Waals surface area contributed by atoms with Crippen LogP contribution in [0.1, 0.15) is 257 Å². The molecule has 0 aliphatic carbocycles. The van der Waals surface area contributed by atoms with Crippen LogP contribution in [-0.4, -0.2) is 208 Å². The van der Waals surface area contributed by atoms with Crippen molar-refractivity contribution in [3.05, 3.63) is 65.7 Å². The molecule has 9 amide bonds. The summed E-state index contributed by atoms with van der Waals surface area (Å²) in [5.41, 5.74) is 7.58. The zero-order valence-corrected chi connectivity index (χ0v) is 75.3. The van der Waals surface area contributed by atoms with Gasteiger partial charge in [0.1, 0.15) is 5.78 Å². The van der Waals surface area contributed by atoms with Gasteiger partial charge in [0.15, 0.2) is 16.7 Å². The number of anilines is 1.